The van der Waals surface area contributed by atoms with Crippen molar-refractivity contribution in [3.8, 4) is 0 Å². The molecule has 0 unspecified atom stereocenters. The highest BCUT2D eigenvalue weighted by Gasteiger charge is 2.18. The molecule has 8 heteroatoms. The molecule has 0 aliphatic carbocycles. The van der Waals surface area contributed by atoms with E-state index in [0.717, 1.165) is 6.07 Å². The summed E-state index contributed by atoms with van der Waals surface area (Å²) in [7, 11) is 0. The summed E-state index contributed by atoms with van der Waals surface area (Å²) in [6.45, 7) is -0.745. The first kappa shape index (κ1) is 18.1. The zero-order valence-electron chi connectivity index (χ0n) is 11.8. The van der Waals surface area contributed by atoms with E-state index in [-0.39, 0.29) is 37.2 Å². The second-order valence-corrected chi connectivity index (χ2v) is 4.35. The number of benzene rings is 1. The lowest BCUT2D eigenvalue weighted by atomic mass is 9.95. The number of ether oxygens (including phenoxy) is 2. The van der Waals surface area contributed by atoms with E-state index < -0.39 is 25.5 Å². The standard InChI is InChI=1S/C14H18O8/c15-7-21-3-1-9-5-10(2-4-22-8-16)12(14(19)20)6-11(9)13(17)18/h5-6,15-16H,1-4,7-8H2,(H,17,18)(H,19,20). The Balaban J connectivity index is 3.13. The summed E-state index contributed by atoms with van der Waals surface area (Å²) < 4.78 is 9.55. The van der Waals surface area contributed by atoms with Gasteiger partial charge in [0.1, 0.15) is 13.6 Å². The fourth-order valence-corrected chi connectivity index (χ4v) is 2.00. The van der Waals surface area contributed by atoms with Crippen molar-refractivity contribution in [1.29, 1.82) is 0 Å². The summed E-state index contributed by atoms with van der Waals surface area (Å²) in [6.07, 6.45) is 0.436. The molecule has 22 heavy (non-hydrogen) atoms. The topological polar surface area (TPSA) is 134 Å². The Kier molecular flexibility index (Phi) is 7.47. The van der Waals surface area contributed by atoms with Gasteiger partial charge in [-0.3, -0.25) is 0 Å². The molecule has 0 aliphatic rings. The van der Waals surface area contributed by atoms with Crippen molar-refractivity contribution in [2.45, 2.75) is 12.8 Å². The zero-order chi connectivity index (χ0) is 16.5. The molecule has 1 aromatic carbocycles. The van der Waals surface area contributed by atoms with Gasteiger partial charge in [-0.05, 0) is 30.0 Å². The van der Waals surface area contributed by atoms with Gasteiger partial charge >= 0.3 is 11.9 Å². The molecule has 0 heterocycles. The number of rotatable bonds is 10. The molecule has 0 spiro atoms. The van der Waals surface area contributed by atoms with Gasteiger partial charge in [0.15, 0.2) is 0 Å². The minimum atomic E-state index is -1.24. The predicted molar refractivity (Wildman–Crippen MR) is 73.8 cm³/mol. The number of carbonyl (C=O) groups is 2. The van der Waals surface area contributed by atoms with Crippen molar-refractivity contribution in [3.05, 3.63) is 34.4 Å². The molecule has 8 nitrogen and oxygen atoms in total. The summed E-state index contributed by atoms with van der Waals surface area (Å²) in [6, 6.07) is 2.58. The summed E-state index contributed by atoms with van der Waals surface area (Å²) in [4.78, 5) is 22.5. The molecule has 1 rings (SSSR count). The normalized spacial score (nSPS) is 10.6. The monoisotopic (exact) mass is 314 g/mol. The molecule has 0 fully saturated rings. The van der Waals surface area contributed by atoms with Crippen molar-refractivity contribution < 1.29 is 39.5 Å². The highest BCUT2D eigenvalue weighted by molar-refractivity contribution is 5.96. The molecular weight excluding hydrogens is 296 g/mol. The van der Waals surface area contributed by atoms with E-state index in [1.165, 1.54) is 6.07 Å². The number of aliphatic hydroxyl groups excluding tert-OH is 2. The lowest BCUT2D eigenvalue weighted by Crippen LogP contribution is -2.13. The molecule has 0 saturated carbocycles. The minimum absolute atomic E-state index is 0.107. The van der Waals surface area contributed by atoms with E-state index in [1.54, 1.807) is 0 Å². The third-order valence-electron chi connectivity index (χ3n) is 3.00. The molecule has 0 amide bonds. The average Bonchev–Trinajstić information content (AvgIpc) is 2.47. The van der Waals surface area contributed by atoms with Gasteiger partial charge in [-0.1, -0.05) is 6.07 Å². The SMILES string of the molecule is O=C(O)c1cc(C(=O)O)c(CCOCO)cc1CCOCO. The van der Waals surface area contributed by atoms with Crippen LogP contribution in [0.5, 0.6) is 0 Å². The second kappa shape index (κ2) is 9.11. The highest BCUT2D eigenvalue weighted by Crippen LogP contribution is 2.19. The molecular formula is C14H18O8. The van der Waals surface area contributed by atoms with Gasteiger partial charge in [-0.15, -0.1) is 0 Å². The Morgan fingerprint density at radius 2 is 1.23 bits per heavy atom. The molecule has 0 atom stereocenters. The van der Waals surface area contributed by atoms with Gasteiger partial charge < -0.3 is 29.9 Å². The van der Waals surface area contributed by atoms with Crippen LogP contribution in [0.1, 0.15) is 31.8 Å². The summed E-state index contributed by atoms with van der Waals surface area (Å²) in [5.41, 5.74) is 0.575. The molecule has 0 aromatic heterocycles. The van der Waals surface area contributed by atoms with Crippen LogP contribution in [-0.4, -0.2) is 59.2 Å². The van der Waals surface area contributed by atoms with E-state index >= 15 is 0 Å². The number of carboxylic acids is 2. The molecule has 0 radical (unpaired) electrons. The third kappa shape index (κ3) is 5.08. The fraction of sp³-hybridized carbons (Fsp3) is 0.429. The Morgan fingerprint density at radius 1 is 0.818 bits per heavy atom. The van der Waals surface area contributed by atoms with Crippen LogP contribution in [0.4, 0.5) is 0 Å². The maximum atomic E-state index is 11.3. The Morgan fingerprint density at radius 3 is 1.55 bits per heavy atom. The second-order valence-electron chi connectivity index (χ2n) is 4.35. The quantitative estimate of drug-likeness (QED) is 0.353. The largest absolute Gasteiger partial charge is 0.478 e. The number of carboxylic acid groups (broad SMARTS) is 2. The van der Waals surface area contributed by atoms with E-state index in [2.05, 4.69) is 0 Å². The van der Waals surface area contributed by atoms with Crippen molar-refractivity contribution in [3.63, 3.8) is 0 Å². The summed E-state index contributed by atoms with van der Waals surface area (Å²) in [5, 5.41) is 35.5. The van der Waals surface area contributed by atoms with Gasteiger partial charge in [0.25, 0.3) is 0 Å². The third-order valence-corrected chi connectivity index (χ3v) is 3.00. The van der Waals surface area contributed by atoms with Gasteiger partial charge in [-0.2, -0.15) is 0 Å². The van der Waals surface area contributed by atoms with Crippen LogP contribution in [0.3, 0.4) is 0 Å². The van der Waals surface area contributed by atoms with E-state index in [0.29, 0.717) is 11.1 Å². The van der Waals surface area contributed by atoms with Crippen LogP contribution >= 0.6 is 0 Å². The van der Waals surface area contributed by atoms with Crippen LogP contribution in [0.15, 0.2) is 12.1 Å². The van der Waals surface area contributed by atoms with Gasteiger partial charge in [0, 0.05) is 0 Å². The molecule has 0 aliphatic heterocycles. The van der Waals surface area contributed by atoms with Crippen LogP contribution < -0.4 is 0 Å². The number of aliphatic hydroxyl groups is 2. The predicted octanol–water partition coefficient (Wildman–Crippen LogP) is 0.101. The van der Waals surface area contributed by atoms with Gasteiger partial charge in [0.2, 0.25) is 0 Å². The smallest absolute Gasteiger partial charge is 0.335 e. The minimum Gasteiger partial charge on any atom is -0.478 e. The first-order valence-electron chi connectivity index (χ1n) is 6.50. The molecule has 0 saturated heterocycles. The lowest BCUT2D eigenvalue weighted by Gasteiger charge is -2.12. The highest BCUT2D eigenvalue weighted by atomic mass is 16.6. The molecule has 0 bridgehead atoms. The van der Waals surface area contributed by atoms with Crippen LogP contribution in [0.25, 0.3) is 0 Å². The molecule has 1 aromatic rings. The van der Waals surface area contributed by atoms with Gasteiger partial charge in [-0.25, -0.2) is 9.59 Å². The first-order chi connectivity index (χ1) is 10.5. The van der Waals surface area contributed by atoms with Crippen molar-refractivity contribution >= 4 is 11.9 Å². The van der Waals surface area contributed by atoms with Crippen LogP contribution in [0, 0.1) is 0 Å². The zero-order valence-corrected chi connectivity index (χ0v) is 11.8. The van der Waals surface area contributed by atoms with Crippen LogP contribution in [0.2, 0.25) is 0 Å². The number of hydrogen-bond acceptors (Lipinski definition) is 6. The van der Waals surface area contributed by atoms with Crippen molar-refractivity contribution in [1.82, 2.24) is 0 Å². The van der Waals surface area contributed by atoms with E-state index in [9.17, 15) is 19.8 Å². The summed E-state index contributed by atoms with van der Waals surface area (Å²) >= 11 is 0. The maximum absolute atomic E-state index is 11.3. The average molecular weight is 314 g/mol. The Labute approximate surface area is 126 Å². The van der Waals surface area contributed by atoms with Crippen LogP contribution in [-0.2, 0) is 22.3 Å². The number of aromatic carboxylic acids is 2. The molecule has 122 valence electrons. The molecule has 4 N–H and O–H groups in total. The fourth-order valence-electron chi connectivity index (χ4n) is 2.00. The van der Waals surface area contributed by atoms with E-state index in [1.807, 2.05) is 0 Å². The first-order valence-corrected chi connectivity index (χ1v) is 6.50. The maximum Gasteiger partial charge on any atom is 0.335 e. The van der Waals surface area contributed by atoms with Crippen molar-refractivity contribution in [2.24, 2.45) is 0 Å². The Hall–Kier alpha value is -2.00. The summed E-state index contributed by atoms with van der Waals surface area (Å²) in [5.74, 6) is -2.47. The van der Waals surface area contributed by atoms with Crippen molar-refractivity contribution in [2.75, 3.05) is 26.8 Å². The van der Waals surface area contributed by atoms with E-state index in [4.69, 9.17) is 19.7 Å². The lowest BCUT2D eigenvalue weighted by molar-refractivity contribution is 0.000165. The van der Waals surface area contributed by atoms with Gasteiger partial charge in [0.05, 0.1) is 24.3 Å². The number of hydrogen-bond donors (Lipinski definition) is 4. The Bertz CT molecular complexity index is 483.